The van der Waals surface area contributed by atoms with Gasteiger partial charge in [-0.15, -0.1) is 0 Å². The number of Topliss-reactive ketones (excluding diaryl/α,β-unsaturated/α-hetero) is 1. The van der Waals surface area contributed by atoms with E-state index in [9.17, 15) is 4.79 Å². The van der Waals surface area contributed by atoms with Gasteiger partial charge in [0.1, 0.15) is 5.00 Å². The van der Waals surface area contributed by atoms with Gasteiger partial charge in [-0.25, -0.2) is 0 Å². The van der Waals surface area contributed by atoms with Crippen LogP contribution < -0.4 is 5.32 Å². The van der Waals surface area contributed by atoms with Gasteiger partial charge in [-0.3, -0.25) is 4.79 Å². The number of rotatable bonds is 4. The summed E-state index contributed by atoms with van der Waals surface area (Å²) in [6.07, 6.45) is 2.60. The molecule has 0 aromatic carbocycles. The second-order valence-corrected chi connectivity index (χ2v) is 6.23. The van der Waals surface area contributed by atoms with Crippen LogP contribution in [-0.2, 0) is 0 Å². The molecular formula is C11H16N2OS2. The highest BCUT2D eigenvalue weighted by Crippen LogP contribution is 2.29. The minimum Gasteiger partial charge on any atom is -0.374 e. The molecule has 1 atom stereocenters. The lowest BCUT2D eigenvalue weighted by molar-refractivity contribution is 0.101. The predicted octanol–water partition coefficient (Wildman–Crippen LogP) is 2.96. The lowest BCUT2D eigenvalue weighted by Gasteiger charge is -2.10. The molecule has 2 heterocycles. The predicted molar refractivity (Wildman–Crippen MR) is 70.8 cm³/mol. The molecule has 0 aliphatic carbocycles. The zero-order chi connectivity index (χ0) is 11.5. The van der Waals surface area contributed by atoms with Gasteiger partial charge in [0.15, 0.2) is 5.78 Å². The Labute approximate surface area is 104 Å². The maximum atomic E-state index is 11.5. The number of thioether (sulfide) groups is 1. The smallest absolute Gasteiger partial charge is 0.164 e. The number of anilines is 1. The number of carbonyl (C=O) groups is 1. The molecule has 1 aliphatic rings. The average Bonchev–Trinajstić information content (AvgIpc) is 2.83. The first-order chi connectivity index (χ1) is 7.68. The summed E-state index contributed by atoms with van der Waals surface area (Å²) in [4.78, 5) is 11.5. The highest BCUT2D eigenvalue weighted by molar-refractivity contribution is 8.00. The number of nitrogens with one attached hydrogen (secondary N) is 1. The molecule has 0 spiro atoms. The van der Waals surface area contributed by atoms with Gasteiger partial charge in [0, 0.05) is 11.8 Å². The van der Waals surface area contributed by atoms with Crippen LogP contribution in [0, 0.1) is 6.92 Å². The number of hydrogen-bond donors (Lipinski definition) is 1. The van der Waals surface area contributed by atoms with E-state index < -0.39 is 0 Å². The van der Waals surface area contributed by atoms with E-state index in [0.717, 1.165) is 22.8 Å². The molecule has 1 unspecified atom stereocenters. The monoisotopic (exact) mass is 256 g/mol. The van der Waals surface area contributed by atoms with E-state index in [1.54, 1.807) is 6.92 Å². The van der Waals surface area contributed by atoms with Gasteiger partial charge in [0.2, 0.25) is 0 Å². The third kappa shape index (κ3) is 2.58. The molecular weight excluding hydrogens is 240 g/mol. The molecule has 1 aromatic rings. The van der Waals surface area contributed by atoms with Crippen LogP contribution in [0.4, 0.5) is 5.00 Å². The molecule has 1 fully saturated rings. The summed E-state index contributed by atoms with van der Waals surface area (Å²) in [5, 5.41) is 5.01. The van der Waals surface area contributed by atoms with Crippen LogP contribution >= 0.6 is 23.3 Å². The molecule has 1 aromatic heterocycles. The van der Waals surface area contributed by atoms with Gasteiger partial charge >= 0.3 is 0 Å². The molecule has 3 nitrogen and oxygen atoms in total. The molecule has 1 saturated heterocycles. The van der Waals surface area contributed by atoms with Gasteiger partial charge in [0.05, 0.1) is 11.3 Å². The quantitative estimate of drug-likeness (QED) is 0.841. The fourth-order valence-electron chi connectivity index (χ4n) is 1.92. The molecule has 0 saturated carbocycles. The Morgan fingerprint density at radius 1 is 1.62 bits per heavy atom. The van der Waals surface area contributed by atoms with Crippen LogP contribution in [0.2, 0.25) is 0 Å². The SMILES string of the molecule is CC(=O)c1c(C)nsc1NCC1CCCS1. The first-order valence-corrected chi connectivity index (χ1v) is 7.33. The Balaban J connectivity index is 2.00. The van der Waals surface area contributed by atoms with E-state index >= 15 is 0 Å². The van der Waals surface area contributed by atoms with Crippen LogP contribution in [0.3, 0.4) is 0 Å². The summed E-state index contributed by atoms with van der Waals surface area (Å²) < 4.78 is 4.23. The van der Waals surface area contributed by atoms with E-state index in [0.29, 0.717) is 5.25 Å². The Hall–Kier alpha value is -0.550. The molecule has 5 heteroatoms. The number of carbonyl (C=O) groups excluding carboxylic acids is 1. The molecule has 0 radical (unpaired) electrons. The first-order valence-electron chi connectivity index (χ1n) is 5.51. The third-order valence-electron chi connectivity index (χ3n) is 2.73. The molecule has 16 heavy (non-hydrogen) atoms. The van der Waals surface area contributed by atoms with Crippen LogP contribution in [-0.4, -0.2) is 27.7 Å². The standard InChI is InChI=1S/C11H16N2OS2/c1-7-10(8(2)14)11(16-13-7)12-6-9-4-3-5-15-9/h9,12H,3-6H2,1-2H3. The maximum absolute atomic E-state index is 11.5. The highest BCUT2D eigenvalue weighted by Gasteiger charge is 2.18. The van der Waals surface area contributed by atoms with Gasteiger partial charge < -0.3 is 5.32 Å². The van der Waals surface area contributed by atoms with Crippen LogP contribution in [0.25, 0.3) is 0 Å². The van der Waals surface area contributed by atoms with Crippen LogP contribution in [0.1, 0.15) is 35.8 Å². The summed E-state index contributed by atoms with van der Waals surface area (Å²) in [5.41, 5.74) is 1.62. The molecule has 0 amide bonds. The van der Waals surface area contributed by atoms with Crippen molar-refractivity contribution in [2.75, 3.05) is 17.6 Å². The first kappa shape index (κ1) is 11.9. The molecule has 0 bridgehead atoms. The lowest BCUT2D eigenvalue weighted by Crippen LogP contribution is -2.14. The summed E-state index contributed by atoms with van der Waals surface area (Å²) in [5.74, 6) is 1.38. The number of aryl methyl sites for hydroxylation is 1. The Kier molecular flexibility index (Phi) is 3.86. The van der Waals surface area contributed by atoms with Crippen molar-refractivity contribution in [1.29, 1.82) is 0 Å². The Bertz CT molecular complexity index is 383. The Morgan fingerprint density at radius 2 is 2.44 bits per heavy atom. The molecule has 2 rings (SSSR count). The molecule has 88 valence electrons. The van der Waals surface area contributed by atoms with Gasteiger partial charge in [0.25, 0.3) is 0 Å². The van der Waals surface area contributed by atoms with Crippen molar-refractivity contribution in [1.82, 2.24) is 4.37 Å². The van der Waals surface area contributed by atoms with E-state index in [2.05, 4.69) is 9.69 Å². The zero-order valence-corrected chi connectivity index (χ0v) is 11.2. The molecule has 1 aliphatic heterocycles. The average molecular weight is 256 g/mol. The van der Waals surface area contributed by atoms with Crippen molar-refractivity contribution in [3.8, 4) is 0 Å². The van der Waals surface area contributed by atoms with Crippen molar-refractivity contribution in [2.24, 2.45) is 0 Å². The van der Waals surface area contributed by atoms with Crippen molar-refractivity contribution in [3.63, 3.8) is 0 Å². The number of nitrogens with zero attached hydrogens (tertiary/aromatic N) is 1. The summed E-state index contributed by atoms with van der Waals surface area (Å²) in [6.45, 7) is 4.45. The minimum absolute atomic E-state index is 0.104. The van der Waals surface area contributed by atoms with Crippen LogP contribution in [0.15, 0.2) is 0 Å². The second-order valence-electron chi connectivity index (χ2n) is 4.04. The lowest BCUT2D eigenvalue weighted by atomic mass is 10.2. The fourth-order valence-corrected chi connectivity index (χ4v) is 3.97. The highest BCUT2D eigenvalue weighted by atomic mass is 32.2. The van der Waals surface area contributed by atoms with Crippen LogP contribution in [0.5, 0.6) is 0 Å². The second kappa shape index (κ2) is 5.19. The summed E-state index contributed by atoms with van der Waals surface area (Å²) >= 11 is 3.42. The summed E-state index contributed by atoms with van der Waals surface area (Å²) in [7, 11) is 0. The van der Waals surface area contributed by atoms with Crippen molar-refractivity contribution >= 4 is 34.1 Å². The van der Waals surface area contributed by atoms with E-state index in [1.807, 2.05) is 18.7 Å². The van der Waals surface area contributed by atoms with E-state index in [1.165, 1.54) is 30.1 Å². The van der Waals surface area contributed by atoms with Gasteiger partial charge in [-0.1, -0.05) is 0 Å². The van der Waals surface area contributed by atoms with Gasteiger partial charge in [-0.2, -0.15) is 16.1 Å². The Morgan fingerprint density at radius 3 is 3.06 bits per heavy atom. The normalized spacial score (nSPS) is 20.0. The number of ketones is 1. The zero-order valence-electron chi connectivity index (χ0n) is 9.58. The number of hydrogen-bond acceptors (Lipinski definition) is 5. The largest absolute Gasteiger partial charge is 0.374 e. The van der Waals surface area contributed by atoms with E-state index in [-0.39, 0.29) is 5.78 Å². The van der Waals surface area contributed by atoms with Crippen molar-refractivity contribution in [3.05, 3.63) is 11.3 Å². The van der Waals surface area contributed by atoms with E-state index in [4.69, 9.17) is 0 Å². The maximum Gasteiger partial charge on any atom is 0.164 e. The fraction of sp³-hybridized carbons (Fsp3) is 0.636. The minimum atomic E-state index is 0.104. The van der Waals surface area contributed by atoms with Crippen molar-refractivity contribution < 1.29 is 4.79 Å². The topological polar surface area (TPSA) is 42.0 Å². The van der Waals surface area contributed by atoms with Gasteiger partial charge in [-0.05, 0) is 44.0 Å². The summed E-state index contributed by atoms with van der Waals surface area (Å²) in [6, 6.07) is 0. The number of aromatic nitrogens is 1. The van der Waals surface area contributed by atoms with Crippen molar-refractivity contribution in [2.45, 2.75) is 31.9 Å². The third-order valence-corrected chi connectivity index (χ3v) is 5.02. The molecule has 1 N–H and O–H groups in total.